The first-order chi connectivity index (χ1) is 10.9. The standard InChI is InChI=1S/C18H30O4/c1-3-12-21-18(22-13-4-2)16-19-14-8-9-15-20-17-10-6-5-7-11-17/h5-7,10-11,18H,3-4,8-9,12-16H2,1-2H3. The Labute approximate surface area is 134 Å². The van der Waals surface area contributed by atoms with Crippen molar-refractivity contribution in [3.63, 3.8) is 0 Å². The van der Waals surface area contributed by atoms with Gasteiger partial charge in [0.2, 0.25) is 0 Å². The zero-order valence-electron chi connectivity index (χ0n) is 14.0. The average molecular weight is 310 g/mol. The van der Waals surface area contributed by atoms with Crippen LogP contribution in [-0.4, -0.2) is 39.3 Å². The maximum atomic E-state index is 5.64. The number of unbranched alkanes of at least 4 members (excludes halogenated alkanes) is 1. The summed E-state index contributed by atoms with van der Waals surface area (Å²) in [6.45, 7) is 7.52. The third kappa shape index (κ3) is 9.77. The van der Waals surface area contributed by atoms with Crippen LogP contribution in [0.1, 0.15) is 39.5 Å². The van der Waals surface area contributed by atoms with E-state index in [0.717, 1.165) is 38.0 Å². The van der Waals surface area contributed by atoms with Gasteiger partial charge in [-0.15, -0.1) is 0 Å². The average Bonchev–Trinajstić information content (AvgIpc) is 2.56. The molecular formula is C18H30O4. The van der Waals surface area contributed by atoms with Crippen LogP contribution in [0.2, 0.25) is 0 Å². The molecule has 0 aliphatic heterocycles. The summed E-state index contributed by atoms with van der Waals surface area (Å²) in [7, 11) is 0. The lowest BCUT2D eigenvalue weighted by atomic mass is 10.3. The molecule has 0 amide bonds. The molecule has 1 rings (SSSR count). The number of ether oxygens (including phenoxy) is 4. The molecule has 0 radical (unpaired) electrons. The molecule has 0 aliphatic rings. The van der Waals surface area contributed by atoms with Gasteiger partial charge in [0.25, 0.3) is 0 Å². The summed E-state index contributed by atoms with van der Waals surface area (Å²) >= 11 is 0. The maximum absolute atomic E-state index is 5.64. The molecule has 0 atom stereocenters. The molecule has 0 unspecified atom stereocenters. The molecule has 0 fully saturated rings. The lowest BCUT2D eigenvalue weighted by Crippen LogP contribution is -2.24. The summed E-state index contributed by atoms with van der Waals surface area (Å²) in [5.74, 6) is 0.921. The highest BCUT2D eigenvalue weighted by atomic mass is 16.7. The van der Waals surface area contributed by atoms with Gasteiger partial charge < -0.3 is 18.9 Å². The minimum Gasteiger partial charge on any atom is -0.494 e. The van der Waals surface area contributed by atoms with E-state index in [2.05, 4.69) is 13.8 Å². The van der Waals surface area contributed by atoms with E-state index in [0.29, 0.717) is 26.4 Å². The molecule has 0 bridgehead atoms. The number of hydrogen-bond acceptors (Lipinski definition) is 4. The molecule has 1 aromatic carbocycles. The van der Waals surface area contributed by atoms with E-state index in [-0.39, 0.29) is 6.29 Å². The van der Waals surface area contributed by atoms with E-state index >= 15 is 0 Å². The van der Waals surface area contributed by atoms with Crippen LogP contribution < -0.4 is 4.74 Å². The first-order valence-corrected chi connectivity index (χ1v) is 8.35. The summed E-state index contributed by atoms with van der Waals surface area (Å²) in [6.07, 6.45) is 3.69. The van der Waals surface area contributed by atoms with Crippen molar-refractivity contribution in [1.29, 1.82) is 0 Å². The van der Waals surface area contributed by atoms with Crippen molar-refractivity contribution in [3.05, 3.63) is 30.3 Å². The van der Waals surface area contributed by atoms with Crippen molar-refractivity contribution in [2.75, 3.05) is 33.0 Å². The van der Waals surface area contributed by atoms with Crippen LogP contribution >= 0.6 is 0 Å². The molecule has 0 aromatic heterocycles. The Hall–Kier alpha value is -1.10. The van der Waals surface area contributed by atoms with Crippen LogP contribution in [-0.2, 0) is 14.2 Å². The normalized spacial score (nSPS) is 11.0. The fourth-order valence-electron chi connectivity index (χ4n) is 1.84. The minimum absolute atomic E-state index is 0.236. The van der Waals surface area contributed by atoms with Gasteiger partial charge in [-0.25, -0.2) is 0 Å². The molecule has 4 heteroatoms. The first-order valence-electron chi connectivity index (χ1n) is 8.35. The summed E-state index contributed by atoms with van der Waals surface area (Å²) in [4.78, 5) is 0. The van der Waals surface area contributed by atoms with Gasteiger partial charge in [0, 0.05) is 19.8 Å². The van der Waals surface area contributed by atoms with Crippen LogP contribution in [0.15, 0.2) is 30.3 Å². The second kappa shape index (κ2) is 13.6. The van der Waals surface area contributed by atoms with Gasteiger partial charge in [0.05, 0.1) is 13.2 Å². The largest absolute Gasteiger partial charge is 0.494 e. The van der Waals surface area contributed by atoms with Gasteiger partial charge in [-0.1, -0.05) is 32.0 Å². The molecule has 4 nitrogen and oxygen atoms in total. The fourth-order valence-corrected chi connectivity index (χ4v) is 1.84. The first kappa shape index (κ1) is 18.9. The van der Waals surface area contributed by atoms with Crippen molar-refractivity contribution in [3.8, 4) is 5.75 Å². The van der Waals surface area contributed by atoms with E-state index < -0.39 is 0 Å². The summed E-state index contributed by atoms with van der Waals surface area (Å²) in [5, 5.41) is 0. The fraction of sp³-hybridized carbons (Fsp3) is 0.667. The van der Waals surface area contributed by atoms with Gasteiger partial charge >= 0.3 is 0 Å². The molecule has 0 heterocycles. The van der Waals surface area contributed by atoms with Crippen molar-refractivity contribution in [1.82, 2.24) is 0 Å². The zero-order chi connectivity index (χ0) is 15.9. The number of benzene rings is 1. The minimum atomic E-state index is -0.236. The summed E-state index contributed by atoms with van der Waals surface area (Å²) in [5.41, 5.74) is 0. The van der Waals surface area contributed by atoms with Gasteiger partial charge in [0.15, 0.2) is 6.29 Å². The lowest BCUT2D eigenvalue weighted by Gasteiger charge is -2.18. The third-order valence-electron chi connectivity index (χ3n) is 2.96. The van der Waals surface area contributed by atoms with E-state index in [9.17, 15) is 0 Å². The van der Waals surface area contributed by atoms with Crippen LogP contribution in [0.25, 0.3) is 0 Å². The molecular weight excluding hydrogens is 280 g/mol. The van der Waals surface area contributed by atoms with Gasteiger partial charge in [-0.3, -0.25) is 0 Å². The molecule has 126 valence electrons. The molecule has 0 N–H and O–H groups in total. The quantitative estimate of drug-likeness (QED) is 0.384. The number of rotatable bonds is 14. The smallest absolute Gasteiger partial charge is 0.180 e. The summed E-state index contributed by atoms with van der Waals surface area (Å²) in [6, 6.07) is 9.88. The third-order valence-corrected chi connectivity index (χ3v) is 2.96. The molecule has 0 aliphatic carbocycles. The molecule has 0 spiro atoms. The Bertz CT molecular complexity index is 334. The van der Waals surface area contributed by atoms with Crippen LogP contribution in [0.4, 0.5) is 0 Å². The van der Waals surface area contributed by atoms with Crippen LogP contribution in [0.5, 0.6) is 5.75 Å². The molecule has 1 aromatic rings. The van der Waals surface area contributed by atoms with Gasteiger partial charge in [-0.05, 0) is 37.8 Å². The maximum Gasteiger partial charge on any atom is 0.180 e. The van der Waals surface area contributed by atoms with E-state index in [4.69, 9.17) is 18.9 Å². The van der Waals surface area contributed by atoms with Crippen molar-refractivity contribution < 1.29 is 18.9 Å². The van der Waals surface area contributed by atoms with Crippen LogP contribution in [0.3, 0.4) is 0 Å². The molecule has 0 saturated carbocycles. The molecule has 22 heavy (non-hydrogen) atoms. The van der Waals surface area contributed by atoms with Gasteiger partial charge in [0.1, 0.15) is 5.75 Å². The Morgan fingerprint density at radius 2 is 1.45 bits per heavy atom. The highest BCUT2D eigenvalue weighted by molar-refractivity contribution is 5.20. The Morgan fingerprint density at radius 1 is 0.818 bits per heavy atom. The highest BCUT2D eigenvalue weighted by Gasteiger charge is 2.08. The Kier molecular flexibility index (Phi) is 11.7. The van der Waals surface area contributed by atoms with E-state index in [1.807, 2.05) is 30.3 Å². The predicted molar refractivity (Wildman–Crippen MR) is 88.3 cm³/mol. The lowest BCUT2D eigenvalue weighted by molar-refractivity contribution is -0.172. The monoisotopic (exact) mass is 310 g/mol. The van der Waals surface area contributed by atoms with Crippen molar-refractivity contribution >= 4 is 0 Å². The Morgan fingerprint density at radius 3 is 2.09 bits per heavy atom. The number of hydrogen-bond donors (Lipinski definition) is 0. The van der Waals surface area contributed by atoms with E-state index in [1.54, 1.807) is 0 Å². The zero-order valence-corrected chi connectivity index (χ0v) is 14.0. The second-order valence-electron chi connectivity index (χ2n) is 5.11. The highest BCUT2D eigenvalue weighted by Crippen LogP contribution is 2.09. The molecule has 0 saturated heterocycles. The van der Waals surface area contributed by atoms with Crippen molar-refractivity contribution in [2.24, 2.45) is 0 Å². The van der Waals surface area contributed by atoms with Gasteiger partial charge in [-0.2, -0.15) is 0 Å². The summed E-state index contributed by atoms with van der Waals surface area (Å²) < 4.78 is 22.5. The van der Waals surface area contributed by atoms with E-state index in [1.165, 1.54) is 0 Å². The SMILES string of the molecule is CCCOC(COCCCCOc1ccccc1)OCCC. The second-order valence-corrected chi connectivity index (χ2v) is 5.11. The Balaban J connectivity index is 2.00. The topological polar surface area (TPSA) is 36.9 Å². The van der Waals surface area contributed by atoms with Crippen molar-refractivity contribution in [2.45, 2.75) is 45.8 Å². The number of para-hydroxylation sites is 1. The van der Waals surface area contributed by atoms with Crippen LogP contribution in [0, 0.1) is 0 Å². The predicted octanol–water partition coefficient (Wildman–Crippen LogP) is 4.04.